The predicted molar refractivity (Wildman–Crippen MR) is 117 cm³/mol. The molecule has 2 amide bonds. The van der Waals surface area contributed by atoms with E-state index in [4.69, 9.17) is 20.8 Å². The van der Waals surface area contributed by atoms with Crippen molar-refractivity contribution in [3.63, 3.8) is 0 Å². The Morgan fingerprint density at radius 1 is 1.29 bits per heavy atom. The van der Waals surface area contributed by atoms with Crippen LogP contribution in [-0.2, 0) is 16.0 Å². The molecule has 1 aromatic heterocycles. The summed E-state index contributed by atoms with van der Waals surface area (Å²) >= 11 is 6.06. The fourth-order valence-corrected chi connectivity index (χ4v) is 3.79. The number of rotatable bonds is 6. The molecule has 1 saturated heterocycles. The first-order valence-electron chi connectivity index (χ1n) is 9.94. The van der Waals surface area contributed by atoms with E-state index in [0.29, 0.717) is 29.8 Å². The maximum absolute atomic E-state index is 12.4. The number of oxazole rings is 1. The molecule has 7 nitrogen and oxygen atoms in total. The van der Waals surface area contributed by atoms with Gasteiger partial charge in [-0.1, -0.05) is 35.9 Å². The number of halogens is 1. The van der Waals surface area contributed by atoms with Gasteiger partial charge < -0.3 is 14.1 Å². The Balaban J connectivity index is 1.39. The highest BCUT2D eigenvalue weighted by Crippen LogP contribution is 2.30. The first-order valence-corrected chi connectivity index (χ1v) is 10.3. The van der Waals surface area contributed by atoms with Crippen LogP contribution >= 0.6 is 11.6 Å². The normalized spacial score (nSPS) is 16.8. The van der Waals surface area contributed by atoms with Crippen LogP contribution in [-0.4, -0.2) is 34.5 Å². The highest BCUT2D eigenvalue weighted by atomic mass is 35.5. The molecule has 1 aliphatic rings. The summed E-state index contributed by atoms with van der Waals surface area (Å²) in [5, 5.41) is 3.18. The van der Waals surface area contributed by atoms with Gasteiger partial charge in [0.1, 0.15) is 6.10 Å². The molecule has 1 aliphatic heterocycles. The molecule has 2 heterocycles. The number of nitrogens with one attached hydrogen (secondary N) is 1. The topological polar surface area (TPSA) is 84.7 Å². The quantitative estimate of drug-likeness (QED) is 0.579. The summed E-state index contributed by atoms with van der Waals surface area (Å²) in [7, 11) is 0. The number of hydrogen-bond acceptors (Lipinski definition) is 5. The van der Waals surface area contributed by atoms with Crippen molar-refractivity contribution in [1.29, 1.82) is 0 Å². The molecule has 2 atom stereocenters. The highest BCUT2D eigenvalue weighted by Gasteiger charge is 2.35. The molecule has 2 aromatic carbocycles. The molecular formula is C23H22ClN3O4. The summed E-state index contributed by atoms with van der Waals surface area (Å²) in [6.45, 7) is 3.90. The Hall–Kier alpha value is -3.32. The number of cyclic esters (lactones) is 1. The van der Waals surface area contributed by atoms with Gasteiger partial charge in [-0.05, 0) is 48.7 Å². The second-order valence-electron chi connectivity index (χ2n) is 7.54. The van der Waals surface area contributed by atoms with E-state index in [9.17, 15) is 9.59 Å². The van der Waals surface area contributed by atoms with Gasteiger partial charge in [-0.2, -0.15) is 0 Å². The summed E-state index contributed by atoms with van der Waals surface area (Å²) in [5.41, 5.74) is 2.77. The van der Waals surface area contributed by atoms with E-state index in [0.717, 1.165) is 16.7 Å². The Morgan fingerprint density at radius 3 is 2.77 bits per heavy atom. The Bertz CT molecular complexity index is 1100. The van der Waals surface area contributed by atoms with Gasteiger partial charge in [-0.3, -0.25) is 10.1 Å². The molecule has 1 N–H and O–H groups in total. The fourth-order valence-electron chi connectivity index (χ4n) is 3.59. The highest BCUT2D eigenvalue weighted by molar-refractivity contribution is 6.30. The van der Waals surface area contributed by atoms with E-state index in [-0.39, 0.29) is 24.1 Å². The molecule has 0 saturated carbocycles. The third-order valence-corrected chi connectivity index (χ3v) is 5.36. The van der Waals surface area contributed by atoms with Crippen molar-refractivity contribution < 1.29 is 18.7 Å². The average molecular weight is 440 g/mol. The number of carbonyl (C=O) groups excluding carboxylic acids is 2. The van der Waals surface area contributed by atoms with E-state index in [1.54, 1.807) is 11.0 Å². The first-order chi connectivity index (χ1) is 14.9. The number of ether oxygens (including phenoxy) is 1. The number of anilines is 1. The molecule has 3 aromatic rings. The van der Waals surface area contributed by atoms with Crippen LogP contribution in [0.3, 0.4) is 0 Å². The average Bonchev–Trinajstić information content (AvgIpc) is 3.35. The molecule has 160 valence electrons. The van der Waals surface area contributed by atoms with Crippen LogP contribution in [0.5, 0.6) is 0 Å². The van der Waals surface area contributed by atoms with Crippen molar-refractivity contribution in [3.05, 3.63) is 70.9 Å². The third-order valence-electron chi connectivity index (χ3n) is 5.13. The standard InChI is InChI=1S/C23H22ClN3O4/c1-14(27-13-20(30-23(27)29)18-4-3-5-19(24)11-18)10-16-6-8-17(9-7-16)22-25-12-21(31-22)26-15(2)28/h3-9,11-12,14,20H,10,13H2,1-2H3,(H,26,28)/t14-,20+/m1/s1. The zero-order valence-corrected chi connectivity index (χ0v) is 17.9. The van der Waals surface area contributed by atoms with Gasteiger partial charge in [-0.15, -0.1) is 0 Å². The van der Waals surface area contributed by atoms with Crippen LogP contribution < -0.4 is 5.32 Å². The Kier molecular flexibility index (Phi) is 5.95. The van der Waals surface area contributed by atoms with Gasteiger partial charge in [0.2, 0.25) is 17.7 Å². The second kappa shape index (κ2) is 8.81. The van der Waals surface area contributed by atoms with Crippen LogP contribution in [0.1, 0.15) is 31.1 Å². The molecule has 0 spiro atoms. The molecular weight excluding hydrogens is 418 g/mol. The van der Waals surface area contributed by atoms with Crippen molar-refractivity contribution in [2.75, 3.05) is 11.9 Å². The minimum Gasteiger partial charge on any atom is -0.439 e. The summed E-state index contributed by atoms with van der Waals surface area (Å²) in [4.78, 5) is 29.5. The van der Waals surface area contributed by atoms with Crippen molar-refractivity contribution in [2.24, 2.45) is 0 Å². The zero-order chi connectivity index (χ0) is 22.0. The molecule has 1 fully saturated rings. The predicted octanol–water partition coefficient (Wildman–Crippen LogP) is 5.08. The summed E-state index contributed by atoms with van der Waals surface area (Å²) < 4.78 is 11.1. The summed E-state index contributed by atoms with van der Waals surface area (Å²) in [6.07, 6.45) is 1.51. The summed E-state index contributed by atoms with van der Waals surface area (Å²) in [6, 6.07) is 15.1. The maximum atomic E-state index is 12.4. The van der Waals surface area contributed by atoms with Gasteiger partial charge in [-0.25, -0.2) is 9.78 Å². The number of benzene rings is 2. The van der Waals surface area contributed by atoms with Gasteiger partial charge >= 0.3 is 6.09 Å². The van der Waals surface area contributed by atoms with Crippen LogP contribution in [0.4, 0.5) is 10.7 Å². The van der Waals surface area contributed by atoms with Crippen LogP contribution in [0.2, 0.25) is 5.02 Å². The van der Waals surface area contributed by atoms with E-state index < -0.39 is 0 Å². The van der Waals surface area contributed by atoms with E-state index >= 15 is 0 Å². The maximum Gasteiger partial charge on any atom is 0.410 e. The molecule has 0 aliphatic carbocycles. The van der Waals surface area contributed by atoms with Gasteiger partial charge in [0.25, 0.3) is 0 Å². The molecule has 8 heteroatoms. The lowest BCUT2D eigenvalue weighted by Crippen LogP contribution is -2.35. The third kappa shape index (κ3) is 4.88. The fraction of sp³-hybridized carbons (Fsp3) is 0.261. The van der Waals surface area contributed by atoms with Crippen LogP contribution in [0.15, 0.2) is 59.1 Å². The first kappa shape index (κ1) is 20.9. The van der Waals surface area contributed by atoms with E-state index in [1.165, 1.54) is 13.1 Å². The van der Waals surface area contributed by atoms with Crippen molar-refractivity contribution in [2.45, 2.75) is 32.4 Å². The summed E-state index contributed by atoms with van der Waals surface area (Å²) in [5.74, 6) is 0.517. The number of carbonyl (C=O) groups is 2. The number of amides is 2. The second-order valence-corrected chi connectivity index (χ2v) is 7.98. The van der Waals surface area contributed by atoms with Crippen LogP contribution in [0.25, 0.3) is 11.5 Å². The van der Waals surface area contributed by atoms with Crippen molar-refractivity contribution in [3.8, 4) is 11.5 Å². The van der Waals surface area contributed by atoms with Gasteiger partial charge in [0, 0.05) is 23.6 Å². The van der Waals surface area contributed by atoms with Gasteiger partial charge in [0.05, 0.1) is 12.7 Å². The Morgan fingerprint density at radius 2 is 2.06 bits per heavy atom. The lowest BCUT2D eigenvalue weighted by atomic mass is 10.0. The molecule has 31 heavy (non-hydrogen) atoms. The van der Waals surface area contributed by atoms with Gasteiger partial charge in [0.15, 0.2) is 0 Å². The smallest absolute Gasteiger partial charge is 0.410 e. The van der Waals surface area contributed by atoms with Crippen LogP contribution in [0, 0.1) is 0 Å². The van der Waals surface area contributed by atoms with E-state index in [1.807, 2.05) is 49.4 Å². The van der Waals surface area contributed by atoms with Crippen molar-refractivity contribution >= 4 is 29.5 Å². The monoisotopic (exact) mass is 439 g/mol. The minimum absolute atomic E-state index is 0.0318. The number of aromatic nitrogens is 1. The minimum atomic E-state index is -0.320. The SMILES string of the molecule is CC(=O)Nc1cnc(-c2ccc(C[C@@H](C)N3C[C@@H](c4cccc(Cl)c4)OC3=O)cc2)o1. The lowest BCUT2D eigenvalue weighted by Gasteiger charge is -2.22. The number of hydrogen-bond donors (Lipinski definition) is 1. The Labute approximate surface area is 185 Å². The molecule has 4 rings (SSSR count). The molecule has 0 bridgehead atoms. The molecule has 0 radical (unpaired) electrons. The zero-order valence-electron chi connectivity index (χ0n) is 17.2. The van der Waals surface area contributed by atoms with Crippen molar-refractivity contribution in [1.82, 2.24) is 9.88 Å². The van der Waals surface area contributed by atoms with E-state index in [2.05, 4.69) is 10.3 Å². The number of nitrogens with zero attached hydrogens (tertiary/aromatic N) is 2. The largest absolute Gasteiger partial charge is 0.439 e. The molecule has 0 unspecified atom stereocenters. The lowest BCUT2D eigenvalue weighted by molar-refractivity contribution is -0.114.